The van der Waals surface area contributed by atoms with Gasteiger partial charge in [0.15, 0.2) is 10.9 Å². The second kappa shape index (κ2) is 9.68. The fourth-order valence-corrected chi connectivity index (χ4v) is 4.71. The summed E-state index contributed by atoms with van der Waals surface area (Å²) in [5.74, 6) is -0.981. The number of thiazole rings is 1. The number of hydrogen-bond acceptors (Lipinski definition) is 8. The number of carbonyl (C=O) groups excluding carboxylic acids is 3. The van der Waals surface area contributed by atoms with E-state index in [0.29, 0.717) is 27.8 Å². The summed E-state index contributed by atoms with van der Waals surface area (Å²) in [5.41, 5.74) is 1.80. The summed E-state index contributed by atoms with van der Waals surface area (Å²) >= 11 is 2.56. The predicted molar refractivity (Wildman–Crippen MR) is 115 cm³/mol. The van der Waals surface area contributed by atoms with Crippen LogP contribution < -0.4 is 10.6 Å². The Morgan fingerprint density at radius 3 is 2.70 bits per heavy atom. The van der Waals surface area contributed by atoms with E-state index in [1.807, 2.05) is 13.8 Å². The quantitative estimate of drug-likeness (QED) is 0.499. The number of nitrogens with one attached hydrogen (secondary N) is 2. The molecule has 8 nitrogen and oxygen atoms in total. The van der Waals surface area contributed by atoms with Gasteiger partial charge in [-0.3, -0.25) is 14.9 Å². The average molecular weight is 448 g/mol. The molecule has 0 saturated carbocycles. The van der Waals surface area contributed by atoms with Gasteiger partial charge in [-0.05, 0) is 38.0 Å². The first-order valence-electron chi connectivity index (χ1n) is 9.31. The van der Waals surface area contributed by atoms with E-state index in [4.69, 9.17) is 9.15 Å². The highest BCUT2D eigenvalue weighted by atomic mass is 32.1. The zero-order valence-electron chi connectivity index (χ0n) is 16.7. The molecule has 2 N–H and O–H groups in total. The average Bonchev–Trinajstić information content (AvgIpc) is 3.42. The summed E-state index contributed by atoms with van der Waals surface area (Å²) in [4.78, 5) is 42.2. The highest BCUT2D eigenvalue weighted by molar-refractivity contribution is 7.16. The molecule has 0 saturated heterocycles. The number of aryl methyl sites for hydroxylation is 1. The third kappa shape index (κ3) is 4.95. The van der Waals surface area contributed by atoms with E-state index < -0.39 is 11.9 Å². The van der Waals surface area contributed by atoms with Gasteiger partial charge >= 0.3 is 5.97 Å². The van der Waals surface area contributed by atoms with E-state index in [2.05, 4.69) is 15.6 Å². The number of aromatic nitrogens is 1. The Morgan fingerprint density at radius 1 is 1.23 bits per heavy atom. The highest BCUT2D eigenvalue weighted by Crippen LogP contribution is 2.34. The molecule has 3 rings (SSSR count). The summed E-state index contributed by atoms with van der Waals surface area (Å²) in [5, 5.41) is 7.98. The van der Waals surface area contributed by atoms with Gasteiger partial charge in [-0.25, -0.2) is 9.78 Å². The summed E-state index contributed by atoms with van der Waals surface area (Å²) in [7, 11) is 0. The Labute approximate surface area is 181 Å². The maximum absolute atomic E-state index is 12.5. The van der Waals surface area contributed by atoms with Crippen molar-refractivity contribution in [3.8, 4) is 0 Å². The monoisotopic (exact) mass is 447 g/mol. The van der Waals surface area contributed by atoms with Crippen molar-refractivity contribution in [2.24, 2.45) is 0 Å². The fraction of sp³-hybridized carbons (Fsp3) is 0.300. The first-order chi connectivity index (χ1) is 14.4. The Hall–Kier alpha value is -2.98. The molecule has 30 heavy (non-hydrogen) atoms. The number of thiophene rings is 1. The smallest absolute Gasteiger partial charge is 0.341 e. The predicted octanol–water partition coefficient (Wildman–Crippen LogP) is 4.28. The molecule has 0 aliphatic rings. The van der Waals surface area contributed by atoms with Crippen LogP contribution in [0, 0.1) is 6.92 Å². The zero-order chi connectivity index (χ0) is 21.7. The molecular weight excluding hydrogens is 426 g/mol. The highest BCUT2D eigenvalue weighted by Gasteiger charge is 2.23. The first-order valence-corrected chi connectivity index (χ1v) is 11.0. The maximum atomic E-state index is 12.5. The summed E-state index contributed by atoms with van der Waals surface area (Å²) in [6.07, 6.45) is 2.08. The number of rotatable bonds is 8. The molecule has 0 aliphatic heterocycles. The van der Waals surface area contributed by atoms with Gasteiger partial charge in [0.2, 0.25) is 5.91 Å². The van der Waals surface area contributed by atoms with Crippen molar-refractivity contribution < 1.29 is 23.5 Å². The van der Waals surface area contributed by atoms with Gasteiger partial charge < -0.3 is 14.5 Å². The lowest BCUT2D eigenvalue weighted by atomic mass is 10.1. The fourth-order valence-electron chi connectivity index (χ4n) is 2.86. The molecule has 3 heterocycles. The Balaban J connectivity index is 1.67. The van der Waals surface area contributed by atoms with Crippen LogP contribution >= 0.6 is 22.7 Å². The normalized spacial score (nSPS) is 10.6. The Kier molecular flexibility index (Phi) is 7.01. The van der Waals surface area contributed by atoms with Crippen LogP contribution in [0.1, 0.15) is 50.9 Å². The number of nitrogens with zero attached hydrogens (tertiary/aromatic N) is 1. The van der Waals surface area contributed by atoms with Crippen molar-refractivity contribution in [1.82, 2.24) is 4.98 Å². The number of carbonyl (C=O) groups is 3. The first kappa shape index (κ1) is 21.7. The third-order valence-corrected chi connectivity index (χ3v) is 6.02. The molecule has 0 spiro atoms. The molecule has 0 atom stereocenters. The minimum absolute atomic E-state index is 0.00773. The van der Waals surface area contributed by atoms with Crippen molar-refractivity contribution in [3.05, 3.63) is 51.2 Å². The summed E-state index contributed by atoms with van der Waals surface area (Å²) < 4.78 is 10.2. The molecule has 2 amide bonds. The molecule has 0 bridgehead atoms. The minimum Gasteiger partial charge on any atom is -0.462 e. The van der Waals surface area contributed by atoms with Gasteiger partial charge in [-0.2, -0.15) is 0 Å². The minimum atomic E-state index is -0.439. The molecule has 3 aromatic heterocycles. The number of amides is 2. The van der Waals surface area contributed by atoms with E-state index in [-0.39, 0.29) is 24.7 Å². The van der Waals surface area contributed by atoms with E-state index >= 15 is 0 Å². The van der Waals surface area contributed by atoms with Gasteiger partial charge in [-0.15, -0.1) is 22.7 Å². The van der Waals surface area contributed by atoms with Crippen LogP contribution in [0.25, 0.3) is 0 Å². The van der Waals surface area contributed by atoms with Gasteiger partial charge in [0, 0.05) is 10.3 Å². The van der Waals surface area contributed by atoms with Crippen LogP contribution in [0.3, 0.4) is 0 Å². The lowest BCUT2D eigenvalue weighted by Gasteiger charge is -2.07. The number of hydrogen-bond donors (Lipinski definition) is 2. The van der Waals surface area contributed by atoms with Crippen LogP contribution in [0.2, 0.25) is 0 Å². The van der Waals surface area contributed by atoms with Gasteiger partial charge in [0.25, 0.3) is 5.91 Å². The van der Waals surface area contributed by atoms with E-state index in [1.54, 1.807) is 24.4 Å². The lowest BCUT2D eigenvalue weighted by Crippen LogP contribution is -2.17. The lowest BCUT2D eigenvalue weighted by molar-refractivity contribution is -0.115. The largest absolute Gasteiger partial charge is 0.462 e. The third-order valence-electron chi connectivity index (χ3n) is 4.15. The van der Waals surface area contributed by atoms with Crippen molar-refractivity contribution in [3.63, 3.8) is 0 Å². The Morgan fingerprint density at radius 2 is 2.03 bits per heavy atom. The van der Waals surface area contributed by atoms with Crippen molar-refractivity contribution in [2.75, 3.05) is 17.2 Å². The van der Waals surface area contributed by atoms with Crippen LogP contribution in [0.5, 0.6) is 0 Å². The van der Waals surface area contributed by atoms with Gasteiger partial charge in [-0.1, -0.05) is 6.92 Å². The Bertz CT molecular complexity index is 1050. The second-order valence-corrected chi connectivity index (χ2v) is 8.30. The van der Waals surface area contributed by atoms with Crippen LogP contribution in [-0.4, -0.2) is 29.4 Å². The van der Waals surface area contributed by atoms with Crippen molar-refractivity contribution >= 4 is 50.6 Å². The number of esters is 1. The number of furan rings is 1. The molecule has 158 valence electrons. The van der Waals surface area contributed by atoms with Crippen molar-refractivity contribution in [2.45, 2.75) is 33.6 Å². The maximum Gasteiger partial charge on any atom is 0.341 e. The van der Waals surface area contributed by atoms with E-state index in [1.165, 1.54) is 28.9 Å². The molecule has 0 fully saturated rings. The van der Waals surface area contributed by atoms with Crippen LogP contribution in [0.4, 0.5) is 10.1 Å². The van der Waals surface area contributed by atoms with E-state index in [0.717, 1.165) is 10.4 Å². The van der Waals surface area contributed by atoms with Crippen molar-refractivity contribution in [1.29, 1.82) is 0 Å². The van der Waals surface area contributed by atoms with Gasteiger partial charge in [0.1, 0.15) is 5.00 Å². The molecule has 0 unspecified atom stereocenters. The molecule has 3 aromatic rings. The summed E-state index contributed by atoms with van der Waals surface area (Å²) in [6.45, 7) is 5.87. The van der Waals surface area contributed by atoms with Crippen LogP contribution in [0.15, 0.2) is 28.2 Å². The van der Waals surface area contributed by atoms with E-state index in [9.17, 15) is 14.4 Å². The molecular formula is C20H21N3O5S2. The SMILES string of the molecule is CCOC(=O)c1c(NC(=O)Cc2csc(NC(=O)c3ccco3)n2)sc(C)c1CC. The standard InChI is InChI=1S/C20H21N3O5S2/c1-4-13-11(3)30-18(16(13)19(26)27-5-2)22-15(24)9-12-10-29-20(21-12)23-17(25)14-7-6-8-28-14/h6-8,10H,4-5,9H2,1-3H3,(H,22,24)(H,21,23,25). The molecule has 0 radical (unpaired) electrons. The van der Waals surface area contributed by atoms with Crippen LogP contribution in [-0.2, 0) is 22.4 Å². The summed E-state index contributed by atoms with van der Waals surface area (Å²) in [6, 6.07) is 3.17. The van der Waals surface area contributed by atoms with Gasteiger partial charge in [0.05, 0.1) is 30.5 Å². The zero-order valence-corrected chi connectivity index (χ0v) is 18.4. The molecule has 10 heteroatoms. The topological polar surface area (TPSA) is 111 Å². The second-order valence-electron chi connectivity index (χ2n) is 6.22. The molecule has 0 aliphatic carbocycles. The molecule has 0 aromatic carbocycles. The number of ether oxygens (including phenoxy) is 1. The number of anilines is 2.